The summed E-state index contributed by atoms with van der Waals surface area (Å²) in [5.41, 5.74) is 3.07. The van der Waals surface area contributed by atoms with Crippen LogP contribution in [0.5, 0.6) is 0 Å². The molecule has 1 atom stereocenters. The molecule has 180 valence electrons. The van der Waals surface area contributed by atoms with Gasteiger partial charge in [0.1, 0.15) is 5.00 Å². The van der Waals surface area contributed by atoms with Crippen LogP contribution in [0.2, 0.25) is 5.02 Å². The third-order valence-electron chi connectivity index (χ3n) is 6.38. The van der Waals surface area contributed by atoms with Gasteiger partial charge in [0.25, 0.3) is 15.9 Å². The molecule has 3 aromatic rings. The Morgan fingerprint density at radius 3 is 2.32 bits per heavy atom. The van der Waals surface area contributed by atoms with Crippen LogP contribution in [0, 0.1) is 18.3 Å². The van der Waals surface area contributed by atoms with Gasteiger partial charge in [0.05, 0.1) is 10.5 Å². The van der Waals surface area contributed by atoms with Gasteiger partial charge in [-0.3, -0.25) is 9.52 Å². The Morgan fingerprint density at radius 2 is 1.71 bits per heavy atom. The molecule has 0 aliphatic heterocycles. The second kappa shape index (κ2) is 9.36. The molecule has 4 rings (SSSR count). The number of fused-ring (bicyclic) bond motifs is 1. The minimum atomic E-state index is -3.84. The van der Waals surface area contributed by atoms with E-state index >= 15 is 0 Å². The Morgan fingerprint density at radius 1 is 1.06 bits per heavy atom. The maximum absolute atomic E-state index is 13.4. The lowest BCUT2D eigenvalue weighted by Gasteiger charge is -2.33. The summed E-state index contributed by atoms with van der Waals surface area (Å²) in [7, 11) is -3.84. The molecular formula is C26H29ClN2O3S2. The quantitative estimate of drug-likeness (QED) is 0.386. The fraction of sp³-hybridized carbons (Fsp3) is 0.346. The molecule has 0 unspecified atom stereocenters. The zero-order valence-corrected chi connectivity index (χ0v) is 22.1. The summed E-state index contributed by atoms with van der Waals surface area (Å²) in [5, 5.41) is 3.85. The average molecular weight is 517 g/mol. The van der Waals surface area contributed by atoms with E-state index in [-0.39, 0.29) is 16.2 Å². The van der Waals surface area contributed by atoms with Gasteiger partial charge in [0.2, 0.25) is 0 Å². The van der Waals surface area contributed by atoms with Crippen LogP contribution in [0.15, 0.2) is 53.4 Å². The number of carbonyl (C=O) groups is 1. The van der Waals surface area contributed by atoms with Crippen LogP contribution in [0.1, 0.15) is 53.6 Å². The molecule has 1 aliphatic carbocycles. The highest BCUT2D eigenvalue weighted by Gasteiger charge is 2.34. The predicted octanol–water partition coefficient (Wildman–Crippen LogP) is 6.91. The molecule has 0 fully saturated rings. The lowest BCUT2D eigenvalue weighted by atomic mass is 9.72. The lowest BCUT2D eigenvalue weighted by Crippen LogP contribution is -2.27. The third-order valence-corrected chi connectivity index (χ3v) is 9.29. The van der Waals surface area contributed by atoms with Gasteiger partial charge in [0.15, 0.2) is 0 Å². The fourth-order valence-electron chi connectivity index (χ4n) is 4.26. The van der Waals surface area contributed by atoms with Crippen molar-refractivity contribution in [3.63, 3.8) is 0 Å². The second-order valence-corrected chi connectivity index (χ2v) is 13.1. The van der Waals surface area contributed by atoms with Crippen molar-refractivity contribution in [3.05, 3.63) is 75.1 Å². The first-order chi connectivity index (χ1) is 15.9. The fourth-order valence-corrected chi connectivity index (χ4v) is 7.02. The number of hydrogen-bond acceptors (Lipinski definition) is 4. The number of nitrogens with one attached hydrogen (secondary N) is 2. The van der Waals surface area contributed by atoms with Crippen LogP contribution >= 0.6 is 22.9 Å². The number of rotatable bonds is 5. The van der Waals surface area contributed by atoms with Gasteiger partial charge < -0.3 is 5.32 Å². The van der Waals surface area contributed by atoms with Crippen molar-refractivity contribution in [2.24, 2.45) is 11.3 Å². The Balaban J connectivity index is 1.72. The van der Waals surface area contributed by atoms with Crippen LogP contribution < -0.4 is 10.0 Å². The largest absolute Gasteiger partial charge is 0.322 e. The summed E-state index contributed by atoms with van der Waals surface area (Å²) in [6.45, 7) is 8.59. The van der Waals surface area contributed by atoms with E-state index in [2.05, 4.69) is 30.8 Å². The molecule has 0 radical (unpaired) electrons. The number of amides is 1. The predicted molar refractivity (Wildman–Crippen MR) is 141 cm³/mol. The van der Waals surface area contributed by atoms with Gasteiger partial charge in [-0.2, -0.15) is 0 Å². The summed E-state index contributed by atoms with van der Waals surface area (Å²) >= 11 is 7.35. The number of hydrogen-bond donors (Lipinski definition) is 2. The van der Waals surface area contributed by atoms with E-state index in [4.69, 9.17) is 11.6 Å². The van der Waals surface area contributed by atoms with E-state index in [1.807, 2.05) is 6.92 Å². The summed E-state index contributed by atoms with van der Waals surface area (Å²) in [6, 6.07) is 13.5. The zero-order chi connectivity index (χ0) is 24.7. The van der Waals surface area contributed by atoms with Gasteiger partial charge in [-0.05, 0) is 79.5 Å². The number of carbonyl (C=O) groups excluding carboxylic acids is 1. The lowest BCUT2D eigenvalue weighted by molar-refractivity contribution is 0.102. The van der Waals surface area contributed by atoms with Crippen molar-refractivity contribution >= 4 is 49.6 Å². The van der Waals surface area contributed by atoms with Crippen molar-refractivity contribution in [1.82, 2.24) is 0 Å². The Kier molecular flexibility index (Phi) is 6.82. The van der Waals surface area contributed by atoms with Crippen LogP contribution in [-0.4, -0.2) is 14.3 Å². The van der Waals surface area contributed by atoms with E-state index in [0.29, 0.717) is 27.2 Å². The maximum Gasteiger partial charge on any atom is 0.262 e. The van der Waals surface area contributed by atoms with Gasteiger partial charge in [-0.25, -0.2) is 8.42 Å². The summed E-state index contributed by atoms with van der Waals surface area (Å²) in [6.07, 6.45) is 2.53. The van der Waals surface area contributed by atoms with Crippen molar-refractivity contribution in [3.8, 4) is 0 Å². The van der Waals surface area contributed by atoms with E-state index in [9.17, 15) is 13.2 Å². The van der Waals surface area contributed by atoms with Gasteiger partial charge >= 0.3 is 0 Å². The number of sulfonamides is 1. The smallest absolute Gasteiger partial charge is 0.262 e. The second-order valence-electron chi connectivity index (χ2n) is 9.89. The number of halogens is 1. The Labute approximate surface area is 210 Å². The first-order valence-corrected chi connectivity index (χ1v) is 13.9. The van der Waals surface area contributed by atoms with Crippen molar-refractivity contribution in [2.75, 3.05) is 10.0 Å². The average Bonchev–Trinajstić information content (AvgIpc) is 3.11. The first-order valence-electron chi connectivity index (χ1n) is 11.2. The molecule has 2 N–H and O–H groups in total. The molecule has 1 aromatic heterocycles. The summed E-state index contributed by atoms with van der Waals surface area (Å²) in [4.78, 5) is 14.7. The van der Waals surface area contributed by atoms with Gasteiger partial charge in [-0.1, -0.05) is 50.1 Å². The topological polar surface area (TPSA) is 75.3 Å². The highest BCUT2D eigenvalue weighted by molar-refractivity contribution is 7.93. The maximum atomic E-state index is 13.4. The van der Waals surface area contributed by atoms with Crippen LogP contribution in [0.4, 0.5) is 10.7 Å². The molecule has 0 saturated carbocycles. The highest BCUT2D eigenvalue weighted by Crippen LogP contribution is 2.45. The van der Waals surface area contributed by atoms with Crippen molar-refractivity contribution < 1.29 is 13.2 Å². The molecule has 1 amide bonds. The molecule has 8 heteroatoms. The first kappa shape index (κ1) is 24.8. The molecule has 34 heavy (non-hydrogen) atoms. The molecular weight excluding hydrogens is 488 g/mol. The molecule has 0 bridgehead atoms. The molecule has 0 saturated heterocycles. The minimum Gasteiger partial charge on any atom is -0.322 e. The third kappa shape index (κ3) is 5.32. The zero-order valence-electron chi connectivity index (χ0n) is 19.7. The summed E-state index contributed by atoms with van der Waals surface area (Å²) in [5.74, 6) is 0.142. The van der Waals surface area contributed by atoms with Gasteiger partial charge in [0, 0.05) is 15.6 Å². The van der Waals surface area contributed by atoms with Crippen molar-refractivity contribution in [1.29, 1.82) is 0 Å². The summed E-state index contributed by atoms with van der Waals surface area (Å²) < 4.78 is 29.1. The van der Waals surface area contributed by atoms with E-state index in [0.717, 1.165) is 35.3 Å². The number of benzene rings is 2. The standard InChI is InChI=1S/C26H29ClN2O3S2/c1-16-5-12-20(13-6-16)34(31,32)29-25-23(24(30)28-19-10-8-18(27)9-11-19)21-14-7-17(26(2,3)4)15-22(21)33-25/h5-6,8-13,17,29H,7,14-15H2,1-4H3,(H,28,30)/t17-/m1/s1. The minimum absolute atomic E-state index is 0.134. The Hall–Kier alpha value is -2.35. The number of anilines is 2. The van der Waals surface area contributed by atoms with Crippen LogP contribution in [-0.2, 0) is 22.9 Å². The van der Waals surface area contributed by atoms with Crippen molar-refractivity contribution in [2.45, 2.75) is 51.9 Å². The SMILES string of the molecule is Cc1ccc(S(=O)(=O)Nc2sc3c(c2C(=O)Nc2ccc(Cl)cc2)CC[C@@H](C(C)(C)C)C3)cc1. The van der Waals surface area contributed by atoms with Crippen LogP contribution in [0.25, 0.3) is 0 Å². The molecule has 1 heterocycles. The number of aryl methyl sites for hydroxylation is 1. The molecule has 0 spiro atoms. The molecule has 1 aliphatic rings. The Bertz CT molecular complexity index is 1310. The van der Waals surface area contributed by atoms with Crippen LogP contribution in [0.3, 0.4) is 0 Å². The van der Waals surface area contributed by atoms with E-state index < -0.39 is 10.0 Å². The molecule has 2 aromatic carbocycles. The van der Waals surface area contributed by atoms with E-state index in [1.54, 1.807) is 48.5 Å². The monoisotopic (exact) mass is 516 g/mol. The number of thiophene rings is 1. The van der Waals surface area contributed by atoms with E-state index in [1.165, 1.54) is 11.3 Å². The highest BCUT2D eigenvalue weighted by atomic mass is 35.5. The normalized spacial score (nSPS) is 16.1. The van der Waals surface area contributed by atoms with Gasteiger partial charge in [-0.15, -0.1) is 11.3 Å². The molecule has 5 nitrogen and oxygen atoms in total.